The maximum atomic E-state index is 11.7. The van der Waals surface area contributed by atoms with Crippen LogP contribution in [0.25, 0.3) is 0 Å². The van der Waals surface area contributed by atoms with Gasteiger partial charge in [0.1, 0.15) is 6.04 Å². The Morgan fingerprint density at radius 2 is 1.95 bits per heavy atom. The van der Waals surface area contributed by atoms with Gasteiger partial charge in [-0.1, -0.05) is 13.8 Å². The lowest BCUT2D eigenvalue weighted by atomic mass is 9.81. The average Bonchev–Trinajstić information content (AvgIpc) is 2.68. The minimum Gasteiger partial charge on any atom is -0.325 e. The standard InChI is InChI=1S/C11H14N4O4S/c1-11(2,7-8(16)15-9(17)14-7)6-4-5-12-10(13-6)20(3,18)19/h4-5,7H,1-3H3,(H2,14,15,16,17). The smallest absolute Gasteiger partial charge is 0.322 e. The van der Waals surface area contributed by atoms with E-state index < -0.39 is 33.2 Å². The van der Waals surface area contributed by atoms with Crippen LogP contribution in [0, 0.1) is 0 Å². The summed E-state index contributed by atoms with van der Waals surface area (Å²) in [6, 6.07) is 0.120. The molecule has 3 amide bonds. The van der Waals surface area contributed by atoms with Crippen LogP contribution >= 0.6 is 0 Å². The van der Waals surface area contributed by atoms with E-state index in [1.165, 1.54) is 12.3 Å². The van der Waals surface area contributed by atoms with Gasteiger partial charge in [0.05, 0.1) is 5.69 Å². The van der Waals surface area contributed by atoms with Crippen molar-refractivity contribution in [2.75, 3.05) is 6.26 Å². The molecule has 2 heterocycles. The Labute approximate surface area is 115 Å². The van der Waals surface area contributed by atoms with Gasteiger partial charge >= 0.3 is 6.03 Å². The summed E-state index contributed by atoms with van der Waals surface area (Å²) < 4.78 is 23.0. The molecular weight excluding hydrogens is 284 g/mol. The largest absolute Gasteiger partial charge is 0.325 e. The van der Waals surface area contributed by atoms with E-state index in [4.69, 9.17) is 0 Å². The Hall–Kier alpha value is -2.03. The molecule has 2 rings (SSSR count). The van der Waals surface area contributed by atoms with Crippen LogP contribution in [0.5, 0.6) is 0 Å². The summed E-state index contributed by atoms with van der Waals surface area (Å²) in [5, 5.41) is 4.32. The summed E-state index contributed by atoms with van der Waals surface area (Å²) in [5.74, 6) is -0.473. The maximum absolute atomic E-state index is 11.7. The molecule has 8 nitrogen and oxygen atoms in total. The lowest BCUT2D eigenvalue weighted by Gasteiger charge is -2.28. The zero-order valence-electron chi connectivity index (χ0n) is 11.2. The number of sulfone groups is 1. The van der Waals surface area contributed by atoms with Crippen molar-refractivity contribution in [3.05, 3.63) is 18.0 Å². The van der Waals surface area contributed by atoms with Crippen LogP contribution in [0.4, 0.5) is 4.79 Å². The van der Waals surface area contributed by atoms with Crippen LogP contribution in [0.3, 0.4) is 0 Å². The highest BCUT2D eigenvalue weighted by molar-refractivity contribution is 7.90. The van der Waals surface area contributed by atoms with Crippen molar-refractivity contribution in [2.45, 2.75) is 30.5 Å². The molecule has 1 aliphatic rings. The molecule has 1 saturated heterocycles. The number of urea groups is 1. The fourth-order valence-corrected chi connectivity index (χ4v) is 2.47. The van der Waals surface area contributed by atoms with E-state index in [0.717, 1.165) is 6.26 Å². The maximum Gasteiger partial charge on any atom is 0.322 e. The zero-order chi connectivity index (χ0) is 15.1. The number of rotatable bonds is 3. The molecule has 1 aliphatic heterocycles. The molecule has 1 aromatic rings. The van der Waals surface area contributed by atoms with Crippen LogP contribution in [0.15, 0.2) is 17.4 Å². The lowest BCUT2D eigenvalue weighted by molar-refractivity contribution is -0.121. The Bertz CT molecular complexity index is 683. The minimum absolute atomic E-state index is 0.312. The van der Waals surface area contributed by atoms with Crippen LogP contribution in [-0.4, -0.2) is 42.6 Å². The van der Waals surface area contributed by atoms with Gasteiger partial charge in [-0.15, -0.1) is 0 Å². The molecule has 0 saturated carbocycles. The SMILES string of the molecule is CC(C)(c1ccnc(S(C)(=O)=O)n1)C1NC(=O)NC1=O. The molecule has 0 bridgehead atoms. The molecule has 9 heteroatoms. The second kappa shape index (κ2) is 4.51. The molecule has 0 radical (unpaired) electrons. The molecule has 1 aromatic heterocycles. The van der Waals surface area contributed by atoms with E-state index in [9.17, 15) is 18.0 Å². The van der Waals surface area contributed by atoms with Gasteiger partial charge in [0.15, 0.2) is 0 Å². The van der Waals surface area contributed by atoms with Crippen molar-refractivity contribution in [1.29, 1.82) is 0 Å². The van der Waals surface area contributed by atoms with Gasteiger partial charge in [-0.25, -0.2) is 23.2 Å². The minimum atomic E-state index is -3.54. The van der Waals surface area contributed by atoms with E-state index in [0.29, 0.717) is 5.69 Å². The van der Waals surface area contributed by atoms with Gasteiger partial charge in [0.2, 0.25) is 15.0 Å². The first-order valence-corrected chi connectivity index (χ1v) is 7.66. The van der Waals surface area contributed by atoms with Crippen molar-refractivity contribution in [3.63, 3.8) is 0 Å². The average molecular weight is 298 g/mol. The van der Waals surface area contributed by atoms with Crippen molar-refractivity contribution in [1.82, 2.24) is 20.6 Å². The third kappa shape index (κ3) is 2.48. The first-order chi connectivity index (χ1) is 9.12. The van der Waals surface area contributed by atoms with E-state index >= 15 is 0 Å². The van der Waals surface area contributed by atoms with E-state index in [2.05, 4.69) is 20.6 Å². The van der Waals surface area contributed by atoms with Crippen molar-refractivity contribution < 1.29 is 18.0 Å². The fraction of sp³-hybridized carbons (Fsp3) is 0.455. The number of imide groups is 1. The highest BCUT2D eigenvalue weighted by atomic mass is 32.2. The van der Waals surface area contributed by atoms with Gasteiger partial charge < -0.3 is 5.32 Å². The Morgan fingerprint density at radius 1 is 1.30 bits per heavy atom. The summed E-state index contributed by atoms with van der Waals surface area (Å²) in [7, 11) is -3.54. The highest BCUT2D eigenvalue weighted by Gasteiger charge is 2.43. The number of carbonyl (C=O) groups is 2. The number of amides is 3. The summed E-state index contributed by atoms with van der Waals surface area (Å²) in [5.41, 5.74) is -0.520. The Morgan fingerprint density at radius 3 is 2.45 bits per heavy atom. The molecule has 1 unspecified atom stereocenters. The second-order valence-electron chi connectivity index (χ2n) is 5.11. The molecule has 108 valence electrons. The molecule has 1 fully saturated rings. The lowest BCUT2D eigenvalue weighted by Crippen LogP contribution is -2.46. The Balaban J connectivity index is 2.44. The first-order valence-electron chi connectivity index (χ1n) is 5.77. The van der Waals surface area contributed by atoms with Crippen molar-refractivity contribution >= 4 is 21.8 Å². The van der Waals surface area contributed by atoms with E-state index in [1.54, 1.807) is 13.8 Å². The zero-order valence-corrected chi connectivity index (χ0v) is 12.0. The highest BCUT2D eigenvalue weighted by Crippen LogP contribution is 2.27. The molecule has 1 atom stereocenters. The van der Waals surface area contributed by atoms with E-state index in [-0.39, 0.29) is 5.16 Å². The number of aromatic nitrogens is 2. The number of carbonyl (C=O) groups excluding carboxylic acids is 2. The van der Waals surface area contributed by atoms with Crippen LogP contribution in [-0.2, 0) is 20.0 Å². The van der Waals surface area contributed by atoms with Gasteiger partial charge in [-0.2, -0.15) is 0 Å². The van der Waals surface area contributed by atoms with Gasteiger partial charge in [-0.3, -0.25) is 10.1 Å². The normalized spacial score (nSPS) is 19.6. The molecule has 20 heavy (non-hydrogen) atoms. The molecular formula is C11H14N4O4S. The third-order valence-corrected chi connectivity index (χ3v) is 3.98. The van der Waals surface area contributed by atoms with Crippen LogP contribution in [0.1, 0.15) is 19.5 Å². The summed E-state index contributed by atoms with van der Waals surface area (Å²) in [6.45, 7) is 3.38. The van der Waals surface area contributed by atoms with Crippen molar-refractivity contribution in [2.24, 2.45) is 0 Å². The van der Waals surface area contributed by atoms with Gasteiger partial charge in [0, 0.05) is 17.9 Å². The quantitative estimate of drug-likeness (QED) is 0.566. The number of nitrogens with zero attached hydrogens (tertiary/aromatic N) is 2. The fourth-order valence-electron chi connectivity index (χ4n) is 1.95. The third-order valence-electron chi connectivity index (χ3n) is 3.12. The summed E-state index contributed by atoms with van der Waals surface area (Å²) in [6.07, 6.45) is 2.32. The second-order valence-corrected chi connectivity index (χ2v) is 7.02. The predicted molar refractivity (Wildman–Crippen MR) is 68.6 cm³/mol. The van der Waals surface area contributed by atoms with Crippen molar-refractivity contribution in [3.8, 4) is 0 Å². The monoisotopic (exact) mass is 298 g/mol. The first kappa shape index (κ1) is 14.4. The summed E-state index contributed by atoms with van der Waals surface area (Å²) >= 11 is 0. The van der Waals surface area contributed by atoms with E-state index in [1.807, 2.05) is 0 Å². The topological polar surface area (TPSA) is 118 Å². The van der Waals surface area contributed by atoms with Crippen LogP contribution in [0.2, 0.25) is 0 Å². The molecule has 0 aromatic carbocycles. The molecule has 0 spiro atoms. The Kier molecular flexibility index (Phi) is 3.24. The van der Waals surface area contributed by atoms with Gasteiger partial charge in [-0.05, 0) is 6.07 Å². The number of nitrogens with one attached hydrogen (secondary N) is 2. The number of hydrogen-bond acceptors (Lipinski definition) is 6. The van der Waals surface area contributed by atoms with Gasteiger partial charge in [0.25, 0.3) is 5.91 Å². The molecule has 2 N–H and O–H groups in total. The number of hydrogen-bond donors (Lipinski definition) is 2. The predicted octanol–water partition coefficient (Wildman–Crippen LogP) is -0.634. The van der Waals surface area contributed by atoms with Crippen LogP contribution < -0.4 is 10.6 Å². The molecule has 0 aliphatic carbocycles. The summed E-state index contributed by atoms with van der Waals surface area (Å²) in [4.78, 5) is 30.6.